The van der Waals surface area contributed by atoms with Crippen LogP contribution in [-0.4, -0.2) is 22.9 Å². The standard InChI is InChI=1S/C5H6N2O2S2/c8-3-6-2-1-5(10,11)7-4-9/h10-11H,1-2H2. The summed E-state index contributed by atoms with van der Waals surface area (Å²) < 4.78 is -1.08. The molecule has 0 aliphatic rings. The second-order valence-corrected chi connectivity index (χ2v) is 3.53. The maximum absolute atomic E-state index is 9.76. The molecule has 6 heteroatoms. The van der Waals surface area contributed by atoms with Gasteiger partial charge in [-0.25, -0.2) is 14.6 Å². The predicted molar refractivity (Wildman–Crippen MR) is 46.4 cm³/mol. The second-order valence-electron chi connectivity index (χ2n) is 1.70. The number of rotatable bonds is 4. The van der Waals surface area contributed by atoms with E-state index in [0.29, 0.717) is 0 Å². The number of isocyanates is 2. The highest BCUT2D eigenvalue weighted by Gasteiger charge is 2.17. The van der Waals surface area contributed by atoms with E-state index in [4.69, 9.17) is 0 Å². The lowest BCUT2D eigenvalue weighted by molar-refractivity contribution is 0.558. The molecule has 0 radical (unpaired) electrons. The van der Waals surface area contributed by atoms with E-state index < -0.39 is 4.20 Å². The highest BCUT2D eigenvalue weighted by Crippen LogP contribution is 2.24. The van der Waals surface area contributed by atoms with Crippen LogP contribution >= 0.6 is 25.3 Å². The van der Waals surface area contributed by atoms with Gasteiger partial charge in [-0.05, 0) is 0 Å². The summed E-state index contributed by atoms with van der Waals surface area (Å²) in [6.45, 7) is 0.196. The smallest absolute Gasteiger partial charge is 0.211 e. The lowest BCUT2D eigenvalue weighted by Crippen LogP contribution is -2.10. The van der Waals surface area contributed by atoms with E-state index in [-0.39, 0.29) is 13.0 Å². The molecule has 0 unspecified atom stereocenters. The Morgan fingerprint density at radius 1 is 1.27 bits per heavy atom. The number of thiol groups is 2. The van der Waals surface area contributed by atoms with E-state index >= 15 is 0 Å². The minimum absolute atomic E-state index is 0.196. The third kappa shape index (κ3) is 5.88. The van der Waals surface area contributed by atoms with Gasteiger partial charge in [0.1, 0.15) is 0 Å². The monoisotopic (exact) mass is 190 g/mol. The maximum atomic E-state index is 9.76. The van der Waals surface area contributed by atoms with Gasteiger partial charge in [0.05, 0.1) is 6.54 Å². The number of hydrogen-bond donors (Lipinski definition) is 2. The van der Waals surface area contributed by atoms with Crippen molar-refractivity contribution >= 4 is 37.4 Å². The van der Waals surface area contributed by atoms with Crippen molar-refractivity contribution in [3.63, 3.8) is 0 Å². The summed E-state index contributed by atoms with van der Waals surface area (Å²) in [6.07, 6.45) is 2.95. The second kappa shape index (κ2) is 5.16. The fourth-order valence-corrected chi connectivity index (χ4v) is 0.662. The van der Waals surface area contributed by atoms with Crippen molar-refractivity contribution in [1.82, 2.24) is 0 Å². The molecule has 0 saturated carbocycles. The quantitative estimate of drug-likeness (QED) is 0.294. The van der Waals surface area contributed by atoms with Gasteiger partial charge in [-0.1, -0.05) is 0 Å². The molecule has 0 atom stereocenters. The Hall–Kier alpha value is -0.540. The Balaban J connectivity index is 3.90. The molecule has 0 bridgehead atoms. The van der Waals surface area contributed by atoms with Crippen LogP contribution < -0.4 is 0 Å². The van der Waals surface area contributed by atoms with Gasteiger partial charge in [0.25, 0.3) is 0 Å². The summed E-state index contributed by atoms with van der Waals surface area (Å²) in [5, 5.41) is 0. The van der Waals surface area contributed by atoms with Crippen molar-refractivity contribution in [2.24, 2.45) is 9.98 Å². The van der Waals surface area contributed by atoms with Crippen LogP contribution in [0.15, 0.2) is 9.98 Å². The Labute approximate surface area is 74.6 Å². The average Bonchev–Trinajstić information content (AvgIpc) is 1.87. The zero-order valence-corrected chi connectivity index (χ0v) is 7.31. The van der Waals surface area contributed by atoms with E-state index in [2.05, 4.69) is 35.2 Å². The molecule has 0 aliphatic heterocycles. The van der Waals surface area contributed by atoms with Gasteiger partial charge in [-0.15, -0.1) is 25.3 Å². The normalized spacial score (nSPS) is 9.64. The van der Waals surface area contributed by atoms with Crippen LogP contribution in [0.3, 0.4) is 0 Å². The van der Waals surface area contributed by atoms with E-state index in [1.807, 2.05) is 0 Å². The van der Waals surface area contributed by atoms with Gasteiger partial charge < -0.3 is 0 Å². The zero-order valence-electron chi connectivity index (χ0n) is 5.52. The van der Waals surface area contributed by atoms with Crippen molar-refractivity contribution in [3.8, 4) is 0 Å². The summed E-state index contributed by atoms with van der Waals surface area (Å²) in [4.78, 5) is 25.9. The lowest BCUT2D eigenvalue weighted by atomic mass is 10.4. The van der Waals surface area contributed by atoms with Crippen molar-refractivity contribution in [2.45, 2.75) is 10.6 Å². The number of carbonyl (C=O) groups excluding carboxylic acids is 2. The Bertz CT molecular complexity index is 217. The summed E-state index contributed by atoms with van der Waals surface area (Å²) >= 11 is 7.77. The van der Waals surface area contributed by atoms with Crippen molar-refractivity contribution in [2.75, 3.05) is 6.54 Å². The first-order valence-electron chi connectivity index (χ1n) is 2.70. The molecule has 0 heterocycles. The molecule has 0 N–H and O–H groups in total. The van der Waals surface area contributed by atoms with Crippen molar-refractivity contribution < 1.29 is 9.59 Å². The summed E-state index contributed by atoms with van der Waals surface area (Å²) in [6, 6.07) is 0. The van der Waals surface area contributed by atoms with Crippen LogP contribution in [-0.2, 0) is 9.59 Å². The number of hydrogen-bond acceptors (Lipinski definition) is 6. The molecule has 0 aromatic rings. The molecular formula is C5H6N2O2S2. The minimum Gasteiger partial charge on any atom is -0.211 e. The molecule has 0 saturated heterocycles. The van der Waals surface area contributed by atoms with Gasteiger partial charge in [-0.2, -0.15) is 4.99 Å². The third-order valence-corrected chi connectivity index (χ3v) is 1.50. The van der Waals surface area contributed by atoms with Crippen LogP contribution in [0.2, 0.25) is 0 Å². The first kappa shape index (κ1) is 10.5. The molecule has 0 amide bonds. The first-order chi connectivity index (χ1) is 5.12. The van der Waals surface area contributed by atoms with Gasteiger partial charge >= 0.3 is 0 Å². The van der Waals surface area contributed by atoms with Gasteiger partial charge in [0.2, 0.25) is 12.2 Å². The summed E-state index contributed by atoms with van der Waals surface area (Å²) in [7, 11) is 0. The zero-order chi connectivity index (χ0) is 8.74. The van der Waals surface area contributed by atoms with E-state index in [0.717, 1.165) is 0 Å². The van der Waals surface area contributed by atoms with Crippen LogP contribution in [0.4, 0.5) is 0 Å². The highest BCUT2D eigenvalue weighted by atomic mass is 32.2. The van der Waals surface area contributed by atoms with E-state index in [1.165, 1.54) is 12.2 Å². The van der Waals surface area contributed by atoms with E-state index in [9.17, 15) is 9.59 Å². The Morgan fingerprint density at radius 3 is 2.36 bits per heavy atom. The highest BCUT2D eigenvalue weighted by molar-refractivity contribution is 8.00. The first-order valence-corrected chi connectivity index (χ1v) is 3.59. The molecule has 60 valence electrons. The van der Waals surface area contributed by atoms with Gasteiger partial charge in [0.15, 0.2) is 4.20 Å². The fourth-order valence-electron chi connectivity index (χ4n) is 0.381. The fraction of sp³-hybridized carbons (Fsp3) is 0.600. The van der Waals surface area contributed by atoms with Crippen LogP contribution in [0.1, 0.15) is 6.42 Å². The van der Waals surface area contributed by atoms with Gasteiger partial charge in [0, 0.05) is 6.42 Å². The third-order valence-electron chi connectivity index (χ3n) is 0.848. The molecule has 0 rings (SSSR count). The average molecular weight is 190 g/mol. The molecule has 0 fully saturated rings. The number of nitrogens with zero attached hydrogens (tertiary/aromatic N) is 2. The van der Waals surface area contributed by atoms with Crippen LogP contribution in [0, 0.1) is 0 Å². The van der Waals surface area contributed by atoms with Gasteiger partial charge in [-0.3, -0.25) is 0 Å². The minimum atomic E-state index is -1.08. The molecule has 0 aromatic heterocycles. The summed E-state index contributed by atoms with van der Waals surface area (Å²) in [5.74, 6) is 0. The maximum Gasteiger partial charge on any atom is 0.237 e. The van der Waals surface area contributed by atoms with Crippen molar-refractivity contribution in [1.29, 1.82) is 0 Å². The Morgan fingerprint density at radius 2 is 1.91 bits per heavy atom. The summed E-state index contributed by atoms with van der Waals surface area (Å²) in [5.41, 5.74) is 0. The molecule has 4 nitrogen and oxygen atoms in total. The SMILES string of the molecule is O=C=NCCC(S)(S)N=C=O. The van der Waals surface area contributed by atoms with Crippen LogP contribution in [0.25, 0.3) is 0 Å². The van der Waals surface area contributed by atoms with E-state index in [1.54, 1.807) is 0 Å². The molecule has 0 aromatic carbocycles. The predicted octanol–water partition coefficient (Wildman–Crippen LogP) is 0.561. The molecule has 0 spiro atoms. The molecule has 11 heavy (non-hydrogen) atoms. The lowest BCUT2D eigenvalue weighted by Gasteiger charge is -2.11. The molecular weight excluding hydrogens is 184 g/mol. The Kier molecular flexibility index (Phi) is 4.90. The topological polar surface area (TPSA) is 58.9 Å². The number of aliphatic imine (C=N–C) groups is 2. The van der Waals surface area contributed by atoms with Crippen LogP contribution in [0.5, 0.6) is 0 Å². The largest absolute Gasteiger partial charge is 0.237 e. The molecule has 0 aliphatic carbocycles. The van der Waals surface area contributed by atoms with Crippen molar-refractivity contribution in [3.05, 3.63) is 0 Å².